The zero-order valence-electron chi connectivity index (χ0n) is 15.0. The van der Waals surface area contributed by atoms with Gasteiger partial charge in [0.1, 0.15) is 10.6 Å². The van der Waals surface area contributed by atoms with Gasteiger partial charge in [0, 0.05) is 6.04 Å². The van der Waals surface area contributed by atoms with Gasteiger partial charge in [0.05, 0.1) is 7.11 Å². The number of methoxy groups -OCH3 is 1. The van der Waals surface area contributed by atoms with Crippen LogP contribution in [0.2, 0.25) is 0 Å². The fourth-order valence-corrected chi connectivity index (χ4v) is 4.97. The Morgan fingerprint density at radius 2 is 1.72 bits per heavy atom. The van der Waals surface area contributed by atoms with Crippen molar-refractivity contribution in [1.29, 1.82) is 0 Å². The van der Waals surface area contributed by atoms with Crippen molar-refractivity contribution in [3.05, 3.63) is 58.7 Å². The van der Waals surface area contributed by atoms with Crippen LogP contribution in [0.5, 0.6) is 5.75 Å². The highest BCUT2D eigenvalue weighted by Crippen LogP contribution is 2.32. The highest BCUT2D eigenvalue weighted by molar-refractivity contribution is 7.89. The largest absolute Gasteiger partial charge is 0.495 e. The van der Waals surface area contributed by atoms with Crippen LogP contribution in [0.4, 0.5) is 0 Å². The third-order valence-corrected chi connectivity index (χ3v) is 6.47. The van der Waals surface area contributed by atoms with Crippen LogP contribution < -0.4 is 9.46 Å². The summed E-state index contributed by atoms with van der Waals surface area (Å²) in [5, 5.41) is 0. The van der Waals surface area contributed by atoms with Gasteiger partial charge in [0.2, 0.25) is 10.0 Å². The highest BCUT2D eigenvalue weighted by Gasteiger charge is 2.25. The molecule has 0 aromatic heterocycles. The van der Waals surface area contributed by atoms with Gasteiger partial charge < -0.3 is 4.74 Å². The molecule has 0 saturated heterocycles. The molecule has 0 amide bonds. The van der Waals surface area contributed by atoms with Gasteiger partial charge in [-0.25, -0.2) is 13.1 Å². The summed E-state index contributed by atoms with van der Waals surface area (Å²) in [5.74, 6) is 0.421. The van der Waals surface area contributed by atoms with Gasteiger partial charge in [-0.15, -0.1) is 0 Å². The quantitative estimate of drug-likeness (QED) is 0.880. The molecule has 0 unspecified atom stereocenters. The topological polar surface area (TPSA) is 55.4 Å². The van der Waals surface area contributed by atoms with E-state index in [-0.39, 0.29) is 10.9 Å². The molecule has 0 spiro atoms. The second-order valence-electron chi connectivity index (χ2n) is 6.68. The summed E-state index contributed by atoms with van der Waals surface area (Å²) < 4.78 is 34.2. The molecular formula is C20H25NO3S. The zero-order chi connectivity index (χ0) is 18.0. The fourth-order valence-electron chi connectivity index (χ4n) is 3.54. The first kappa shape index (κ1) is 18.0. The SMILES string of the molecule is COc1cc2c(cc1S(=O)(=O)N[C@H](C)c1ccccc1C)CCCC2. The molecule has 3 rings (SSSR count). The second-order valence-corrected chi connectivity index (χ2v) is 8.36. The molecule has 1 atom stereocenters. The summed E-state index contributed by atoms with van der Waals surface area (Å²) in [6.45, 7) is 3.85. The third kappa shape index (κ3) is 3.72. The van der Waals surface area contributed by atoms with E-state index in [4.69, 9.17) is 4.74 Å². The van der Waals surface area contributed by atoms with Gasteiger partial charge in [-0.3, -0.25) is 0 Å². The van der Waals surface area contributed by atoms with E-state index in [0.29, 0.717) is 5.75 Å². The summed E-state index contributed by atoms with van der Waals surface area (Å²) in [4.78, 5) is 0.232. The number of aryl methyl sites for hydroxylation is 3. The molecule has 1 N–H and O–H groups in total. The minimum Gasteiger partial charge on any atom is -0.495 e. The monoisotopic (exact) mass is 359 g/mol. The Balaban J connectivity index is 1.95. The molecule has 0 aliphatic heterocycles. The van der Waals surface area contributed by atoms with E-state index in [1.54, 1.807) is 6.07 Å². The van der Waals surface area contributed by atoms with Gasteiger partial charge >= 0.3 is 0 Å². The van der Waals surface area contributed by atoms with Crippen molar-refractivity contribution in [2.24, 2.45) is 0 Å². The van der Waals surface area contributed by atoms with Crippen molar-refractivity contribution >= 4 is 10.0 Å². The summed E-state index contributed by atoms with van der Waals surface area (Å²) in [6.07, 6.45) is 4.16. The van der Waals surface area contributed by atoms with Crippen molar-refractivity contribution < 1.29 is 13.2 Å². The molecule has 2 aromatic carbocycles. The molecular weight excluding hydrogens is 334 g/mol. The predicted molar refractivity (Wildman–Crippen MR) is 99.6 cm³/mol. The van der Waals surface area contributed by atoms with Crippen molar-refractivity contribution in [2.45, 2.75) is 50.5 Å². The molecule has 5 heteroatoms. The molecule has 0 bridgehead atoms. The normalized spacial score (nSPS) is 15.5. The Kier molecular flexibility index (Phi) is 5.16. The van der Waals surface area contributed by atoms with Crippen LogP contribution >= 0.6 is 0 Å². The maximum Gasteiger partial charge on any atom is 0.244 e. The smallest absolute Gasteiger partial charge is 0.244 e. The number of hydrogen-bond donors (Lipinski definition) is 1. The molecule has 0 heterocycles. The van der Waals surface area contributed by atoms with Crippen LogP contribution in [0.1, 0.15) is 48.1 Å². The minimum atomic E-state index is -3.68. The summed E-state index contributed by atoms with van der Waals surface area (Å²) in [6, 6.07) is 11.2. The lowest BCUT2D eigenvalue weighted by Gasteiger charge is -2.21. The minimum absolute atomic E-state index is 0.232. The maximum absolute atomic E-state index is 13.0. The first-order valence-corrected chi connectivity index (χ1v) is 10.2. The Bertz CT molecular complexity index is 875. The number of rotatable bonds is 5. The number of fused-ring (bicyclic) bond motifs is 1. The third-order valence-electron chi connectivity index (χ3n) is 4.90. The predicted octanol–water partition coefficient (Wildman–Crippen LogP) is 3.92. The van der Waals surface area contributed by atoms with Crippen LogP contribution in [0.3, 0.4) is 0 Å². The van der Waals surface area contributed by atoms with Gasteiger partial charge in [-0.1, -0.05) is 24.3 Å². The van der Waals surface area contributed by atoms with Crippen LogP contribution in [-0.4, -0.2) is 15.5 Å². The molecule has 0 radical (unpaired) electrons. The molecule has 2 aromatic rings. The molecule has 25 heavy (non-hydrogen) atoms. The first-order chi connectivity index (χ1) is 11.9. The zero-order valence-corrected chi connectivity index (χ0v) is 15.8. The van der Waals surface area contributed by atoms with E-state index in [1.165, 1.54) is 12.7 Å². The summed E-state index contributed by atoms with van der Waals surface area (Å²) >= 11 is 0. The molecule has 134 valence electrons. The summed E-state index contributed by atoms with van der Waals surface area (Å²) in [7, 11) is -2.15. The van der Waals surface area contributed by atoms with Crippen LogP contribution in [0.15, 0.2) is 41.3 Å². The van der Waals surface area contributed by atoms with Crippen molar-refractivity contribution in [1.82, 2.24) is 4.72 Å². The second kappa shape index (κ2) is 7.18. The first-order valence-electron chi connectivity index (χ1n) is 8.70. The Labute approximate surface area is 150 Å². The standard InChI is InChI=1S/C20H25NO3S/c1-14-8-4-7-11-18(14)15(2)21-25(22,23)20-13-17-10-6-5-9-16(17)12-19(20)24-3/h4,7-8,11-13,15,21H,5-6,9-10H2,1-3H3/t15-/m1/s1. The van der Waals surface area contributed by atoms with Gasteiger partial charge in [0.15, 0.2) is 0 Å². The molecule has 0 saturated carbocycles. The van der Waals surface area contributed by atoms with E-state index in [1.807, 2.05) is 44.2 Å². The maximum atomic E-state index is 13.0. The lowest BCUT2D eigenvalue weighted by Crippen LogP contribution is -2.28. The Morgan fingerprint density at radius 1 is 1.08 bits per heavy atom. The lowest BCUT2D eigenvalue weighted by atomic mass is 9.92. The summed E-state index contributed by atoms with van der Waals surface area (Å²) in [5.41, 5.74) is 4.36. The van der Waals surface area contributed by atoms with Crippen molar-refractivity contribution in [2.75, 3.05) is 7.11 Å². The van der Waals surface area contributed by atoms with E-state index >= 15 is 0 Å². The molecule has 0 fully saturated rings. The lowest BCUT2D eigenvalue weighted by molar-refractivity contribution is 0.400. The number of nitrogens with one attached hydrogen (secondary N) is 1. The van der Waals surface area contributed by atoms with E-state index in [0.717, 1.165) is 42.4 Å². The van der Waals surface area contributed by atoms with E-state index in [2.05, 4.69) is 4.72 Å². The van der Waals surface area contributed by atoms with Crippen molar-refractivity contribution in [3.63, 3.8) is 0 Å². The molecule has 1 aliphatic rings. The van der Waals surface area contributed by atoms with Crippen molar-refractivity contribution in [3.8, 4) is 5.75 Å². The fraction of sp³-hybridized carbons (Fsp3) is 0.400. The van der Waals surface area contributed by atoms with Crippen LogP contribution in [0, 0.1) is 6.92 Å². The molecule has 1 aliphatic carbocycles. The average Bonchev–Trinajstić information content (AvgIpc) is 2.60. The highest BCUT2D eigenvalue weighted by atomic mass is 32.2. The number of hydrogen-bond acceptors (Lipinski definition) is 3. The molecule has 4 nitrogen and oxygen atoms in total. The van der Waals surface area contributed by atoms with Gasteiger partial charge in [-0.2, -0.15) is 0 Å². The van der Waals surface area contributed by atoms with Crippen LogP contribution in [0.25, 0.3) is 0 Å². The van der Waals surface area contributed by atoms with E-state index < -0.39 is 10.0 Å². The van der Waals surface area contributed by atoms with Gasteiger partial charge in [-0.05, 0) is 73.9 Å². The Hall–Kier alpha value is -1.85. The number of benzene rings is 2. The number of sulfonamides is 1. The Morgan fingerprint density at radius 3 is 2.36 bits per heavy atom. The van der Waals surface area contributed by atoms with Gasteiger partial charge in [0.25, 0.3) is 0 Å². The number of ether oxygens (including phenoxy) is 1. The average molecular weight is 359 g/mol. The van der Waals surface area contributed by atoms with E-state index in [9.17, 15) is 8.42 Å². The van der Waals surface area contributed by atoms with Crippen LogP contribution in [-0.2, 0) is 22.9 Å².